The first-order chi connectivity index (χ1) is 15.6. The van der Waals surface area contributed by atoms with Gasteiger partial charge in [-0.1, -0.05) is 36.1 Å². The van der Waals surface area contributed by atoms with E-state index < -0.39 is 6.23 Å². The van der Waals surface area contributed by atoms with E-state index in [1.54, 1.807) is 0 Å². The summed E-state index contributed by atoms with van der Waals surface area (Å²) in [5.41, 5.74) is 4.31. The molecule has 1 saturated heterocycles. The minimum absolute atomic E-state index is 0.101. The number of aliphatic hydroxyl groups excluding tert-OH is 3. The molecular formula is C25H27N3O4. The van der Waals surface area contributed by atoms with Gasteiger partial charge in [0, 0.05) is 30.0 Å². The van der Waals surface area contributed by atoms with Gasteiger partial charge in [0.1, 0.15) is 0 Å². The molecule has 0 aliphatic carbocycles. The van der Waals surface area contributed by atoms with Crippen molar-refractivity contribution in [3.63, 3.8) is 0 Å². The van der Waals surface area contributed by atoms with Crippen molar-refractivity contribution in [1.82, 2.24) is 10.6 Å². The van der Waals surface area contributed by atoms with Gasteiger partial charge in [-0.3, -0.25) is 0 Å². The molecule has 2 aromatic rings. The molecule has 0 aromatic heterocycles. The molecule has 166 valence electrons. The van der Waals surface area contributed by atoms with Gasteiger partial charge in [0.15, 0.2) is 12.0 Å². The van der Waals surface area contributed by atoms with Crippen molar-refractivity contribution in [2.45, 2.75) is 31.2 Å². The summed E-state index contributed by atoms with van der Waals surface area (Å²) in [5.74, 6) is 5.89. The van der Waals surface area contributed by atoms with E-state index in [1.165, 1.54) is 11.9 Å². The molecule has 7 heteroatoms. The third-order valence-electron chi connectivity index (χ3n) is 5.59. The number of rotatable bonds is 7. The second-order valence-electron chi connectivity index (χ2n) is 7.93. The first-order valence-electron chi connectivity index (χ1n) is 10.6. The summed E-state index contributed by atoms with van der Waals surface area (Å²) in [6.45, 7) is 2.30. The topological polar surface area (TPSA) is 106 Å². The number of aliphatic imine (C=N–C) groups is 1. The Morgan fingerprint density at radius 2 is 1.72 bits per heavy atom. The molecular weight excluding hydrogens is 406 g/mol. The standard InChI is InChI=1S/C25H27N3O4/c29-13-21(11-23-24(30)25(31)28-16-27-23)20-9-7-18(8-10-20)2-1-17-3-5-19(6-4-17)12-26-22-14-32-15-22/h3-10,16,21-22,25-26,29-31H,11-15H2,(H,27,28). The van der Waals surface area contributed by atoms with Crippen LogP contribution in [-0.2, 0) is 11.3 Å². The second-order valence-corrected chi connectivity index (χ2v) is 7.93. The number of nitrogens with zero attached hydrogens (tertiary/aromatic N) is 1. The van der Waals surface area contributed by atoms with E-state index in [2.05, 4.69) is 39.6 Å². The van der Waals surface area contributed by atoms with Crippen LogP contribution in [0.4, 0.5) is 0 Å². The van der Waals surface area contributed by atoms with Crippen molar-refractivity contribution in [2.75, 3.05) is 19.8 Å². The fraction of sp³-hybridized carbons (Fsp3) is 0.320. The van der Waals surface area contributed by atoms with Crippen LogP contribution in [0.1, 0.15) is 34.6 Å². The van der Waals surface area contributed by atoms with Gasteiger partial charge in [-0.15, -0.1) is 0 Å². The lowest BCUT2D eigenvalue weighted by Gasteiger charge is -2.26. The fourth-order valence-electron chi connectivity index (χ4n) is 3.47. The Bertz CT molecular complexity index is 1030. The minimum atomic E-state index is -1.16. The third-order valence-corrected chi connectivity index (χ3v) is 5.59. The molecule has 2 aliphatic heterocycles. The SMILES string of the molecule is OCC(CC1=C(O)C(O)NC=N1)c1ccc(C#Cc2ccc(CNC3COC3)cc2)cc1. The zero-order valence-electron chi connectivity index (χ0n) is 17.7. The van der Waals surface area contributed by atoms with E-state index in [0.717, 1.165) is 36.4 Å². The molecule has 2 aliphatic rings. The van der Waals surface area contributed by atoms with Crippen LogP contribution in [-0.4, -0.2) is 53.7 Å². The predicted octanol–water partition coefficient (Wildman–Crippen LogP) is 1.76. The molecule has 5 N–H and O–H groups in total. The molecule has 0 radical (unpaired) electrons. The second kappa shape index (κ2) is 10.4. The van der Waals surface area contributed by atoms with Crippen molar-refractivity contribution in [3.05, 3.63) is 82.2 Å². The van der Waals surface area contributed by atoms with E-state index in [0.29, 0.717) is 18.2 Å². The van der Waals surface area contributed by atoms with Crippen LogP contribution >= 0.6 is 0 Å². The number of hydrogen-bond acceptors (Lipinski definition) is 7. The highest BCUT2D eigenvalue weighted by Gasteiger charge is 2.21. The molecule has 0 amide bonds. The van der Waals surface area contributed by atoms with Crippen molar-refractivity contribution in [3.8, 4) is 11.8 Å². The molecule has 4 rings (SSSR count). The smallest absolute Gasteiger partial charge is 0.185 e. The maximum Gasteiger partial charge on any atom is 0.185 e. The lowest BCUT2D eigenvalue weighted by Crippen LogP contribution is -2.45. The van der Waals surface area contributed by atoms with E-state index in [1.807, 2.05) is 36.4 Å². The number of allylic oxidation sites excluding steroid dienone is 1. The third kappa shape index (κ3) is 5.55. The lowest BCUT2D eigenvalue weighted by atomic mass is 9.93. The molecule has 0 bridgehead atoms. The molecule has 2 aromatic carbocycles. The van der Waals surface area contributed by atoms with Crippen molar-refractivity contribution < 1.29 is 20.1 Å². The molecule has 0 saturated carbocycles. The molecule has 7 nitrogen and oxygen atoms in total. The molecule has 2 atom stereocenters. The maximum absolute atomic E-state index is 9.98. The summed E-state index contributed by atoms with van der Waals surface area (Å²) in [7, 11) is 0. The zero-order chi connectivity index (χ0) is 22.3. The van der Waals surface area contributed by atoms with Crippen molar-refractivity contribution >= 4 is 6.34 Å². The van der Waals surface area contributed by atoms with E-state index >= 15 is 0 Å². The van der Waals surface area contributed by atoms with Gasteiger partial charge in [0.2, 0.25) is 0 Å². The van der Waals surface area contributed by atoms with Crippen LogP contribution in [0, 0.1) is 11.8 Å². The van der Waals surface area contributed by atoms with Gasteiger partial charge < -0.3 is 30.7 Å². The van der Waals surface area contributed by atoms with Gasteiger partial charge in [0.05, 0.1) is 37.9 Å². The normalized spacial score (nSPS) is 19.0. The van der Waals surface area contributed by atoms with E-state index in [4.69, 9.17) is 4.74 Å². The molecule has 32 heavy (non-hydrogen) atoms. The van der Waals surface area contributed by atoms with Crippen LogP contribution in [0.3, 0.4) is 0 Å². The Hall–Kier alpha value is -3.15. The zero-order valence-corrected chi connectivity index (χ0v) is 17.7. The Labute approximate surface area is 187 Å². The van der Waals surface area contributed by atoms with E-state index in [9.17, 15) is 15.3 Å². The summed E-state index contributed by atoms with van der Waals surface area (Å²) in [6.07, 6.45) is 0.499. The first-order valence-corrected chi connectivity index (χ1v) is 10.6. The number of aliphatic hydroxyl groups is 3. The van der Waals surface area contributed by atoms with Gasteiger partial charge in [0.25, 0.3) is 0 Å². The summed E-state index contributed by atoms with van der Waals surface area (Å²) < 4.78 is 5.16. The average Bonchev–Trinajstić information content (AvgIpc) is 2.79. The van der Waals surface area contributed by atoms with E-state index in [-0.39, 0.29) is 18.3 Å². The van der Waals surface area contributed by atoms with Crippen LogP contribution < -0.4 is 10.6 Å². The van der Waals surface area contributed by atoms with Crippen LogP contribution in [0.15, 0.2) is 65.0 Å². The maximum atomic E-state index is 9.98. The number of benzene rings is 2. The van der Waals surface area contributed by atoms with Crippen LogP contribution in [0.2, 0.25) is 0 Å². The molecule has 2 unspecified atom stereocenters. The lowest BCUT2D eigenvalue weighted by molar-refractivity contribution is -0.00578. The quantitative estimate of drug-likeness (QED) is 0.426. The Kier molecular flexibility index (Phi) is 7.20. The Morgan fingerprint density at radius 1 is 1.06 bits per heavy atom. The van der Waals surface area contributed by atoms with Crippen molar-refractivity contribution in [2.24, 2.45) is 4.99 Å². The van der Waals surface area contributed by atoms with Crippen LogP contribution in [0.5, 0.6) is 0 Å². The predicted molar refractivity (Wildman–Crippen MR) is 122 cm³/mol. The summed E-state index contributed by atoms with van der Waals surface area (Å²) >= 11 is 0. The monoisotopic (exact) mass is 433 g/mol. The highest BCUT2D eigenvalue weighted by molar-refractivity contribution is 5.59. The molecule has 0 spiro atoms. The van der Waals surface area contributed by atoms with Crippen LogP contribution in [0.25, 0.3) is 0 Å². The highest BCUT2D eigenvalue weighted by Crippen LogP contribution is 2.27. The molecule has 1 fully saturated rings. The highest BCUT2D eigenvalue weighted by atomic mass is 16.5. The minimum Gasteiger partial charge on any atom is -0.506 e. The summed E-state index contributed by atoms with van der Waals surface area (Å²) in [6, 6.07) is 16.3. The Balaban J connectivity index is 1.36. The van der Waals surface area contributed by atoms with Crippen molar-refractivity contribution in [1.29, 1.82) is 0 Å². The average molecular weight is 434 g/mol. The van der Waals surface area contributed by atoms with Gasteiger partial charge in [-0.25, -0.2) is 4.99 Å². The largest absolute Gasteiger partial charge is 0.506 e. The number of ether oxygens (including phenoxy) is 1. The Morgan fingerprint density at radius 3 is 2.31 bits per heavy atom. The summed E-state index contributed by atoms with van der Waals surface area (Å²) in [5, 5.41) is 35.4. The number of nitrogens with one attached hydrogen (secondary N) is 2. The van der Waals surface area contributed by atoms with Gasteiger partial charge >= 0.3 is 0 Å². The summed E-state index contributed by atoms with van der Waals surface area (Å²) in [4.78, 5) is 4.08. The first kappa shape index (κ1) is 22.1. The van der Waals surface area contributed by atoms with Gasteiger partial charge in [-0.2, -0.15) is 0 Å². The fourth-order valence-corrected chi connectivity index (χ4v) is 3.47. The van der Waals surface area contributed by atoms with Gasteiger partial charge in [-0.05, 0) is 35.4 Å². The molecule has 2 heterocycles. The number of hydrogen-bond donors (Lipinski definition) is 5.